The molecule has 0 N–H and O–H groups in total. The van der Waals surface area contributed by atoms with Gasteiger partial charge >= 0.3 is 0 Å². The summed E-state index contributed by atoms with van der Waals surface area (Å²) in [5, 5.41) is 8.81. The van der Waals surface area contributed by atoms with Crippen molar-refractivity contribution >= 4 is 0 Å². The van der Waals surface area contributed by atoms with Crippen LogP contribution in [0.5, 0.6) is 0 Å². The molecule has 1 radical (unpaired) electrons. The van der Waals surface area contributed by atoms with Crippen molar-refractivity contribution in [1.82, 2.24) is 0 Å². The fraction of sp³-hybridized carbons (Fsp3) is 1.00. The minimum absolute atomic E-state index is 0. The van der Waals surface area contributed by atoms with Crippen LogP contribution < -0.4 is 0 Å². The molecule has 0 aliphatic heterocycles. The average molecular weight is 120 g/mol. The number of nitro groups is 1. The summed E-state index contributed by atoms with van der Waals surface area (Å²) in [5.41, 5.74) is 0. The fourth-order valence-electron chi connectivity index (χ4n) is 0. The van der Waals surface area contributed by atoms with Crippen LogP contribution in [0, 0.1) is 10.1 Å². The summed E-state index contributed by atoms with van der Waals surface area (Å²) in [5.74, 6) is 0. The summed E-state index contributed by atoms with van der Waals surface area (Å²) in [7, 11) is 0.889. The van der Waals surface area contributed by atoms with Crippen molar-refractivity contribution in [2.75, 3.05) is 7.05 Å². The van der Waals surface area contributed by atoms with E-state index in [4.69, 9.17) is 10.1 Å². The van der Waals surface area contributed by atoms with Crippen LogP contribution in [0.2, 0.25) is 0 Å². The van der Waals surface area contributed by atoms with Gasteiger partial charge in [0.15, 0.2) is 7.05 Å². The number of nitrogens with zero attached hydrogens (tertiary/aromatic N) is 1. The maximum Gasteiger partial charge on any atom is 0.194 e. The van der Waals surface area contributed by atoms with Gasteiger partial charge in [-0.1, -0.05) is 0 Å². The largest absolute Gasteiger partial charge is 0.265 e. The Morgan fingerprint density at radius 3 is 1.80 bits per heavy atom. The van der Waals surface area contributed by atoms with Gasteiger partial charge in [0.1, 0.15) is 0 Å². The monoisotopic (exact) mass is 120 g/mol. The van der Waals surface area contributed by atoms with E-state index in [0.29, 0.717) is 0 Å². The van der Waals surface area contributed by atoms with Gasteiger partial charge in [0.25, 0.3) is 0 Å². The van der Waals surface area contributed by atoms with Crippen LogP contribution in [0.1, 0.15) is 0 Å². The number of rotatable bonds is 0. The Morgan fingerprint density at radius 2 is 1.80 bits per heavy atom. The molecule has 0 aromatic carbocycles. The van der Waals surface area contributed by atoms with Gasteiger partial charge in [0, 0.05) is 21.7 Å². The molecule has 0 fully saturated rings. The van der Waals surface area contributed by atoms with Gasteiger partial charge in [-0.25, -0.2) is 0 Å². The first-order valence-electron chi connectivity index (χ1n) is 0.812. The standard InChI is InChI=1S/CH3NO2.Co/c1-2(3)4;/h1H3;. The summed E-state index contributed by atoms with van der Waals surface area (Å²) >= 11 is 0. The summed E-state index contributed by atoms with van der Waals surface area (Å²) in [4.78, 5) is 8.31. The first-order chi connectivity index (χ1) is 1.73. The fourth-order valence-corrected chi connectivity index (χ4v) is 0. The van der Waals surface area contributed by atoms with E-state index in [9.17, 15) is 0 Å². The molecule has 0 atom stereocenters. The molecular weight excluding hydrogens is 117 g/mol. The van der Waals surface area contributed by atoms with Crippen LogP contribution in [0.15, 0.2) is 0 Å². The Bertz CT molecular complexity index is 32.6. The van der Waals surface area contributed by atoms with Gasteiger partial charge < -0.3 is 0 Å². The van der Waals surface area contributed by atoms with Crippen molar-refractivity contribution in [2.24, 2.45) is 0 Å². The van der Waals surface area contributed by atoms with Gasteiger partial charge in [-0.15, -0.1) is 0 Å². The van der Waals surface area contributed by atoms with Gasteiger partial charge in [-0.05, 0) is 0 Å². The Labute approximate surface area is 39.7 Å². The second kappa shape index (κ2) is 3.91. The smallest absolute Gasteiger partial charge is 0.194 e. The number of hydrogen-bond donors (Lipinski definition) is 0. The molecule has 0 heterocycles. The molecule has 0 aromatic rings. The van der Waals surface area contributed by atoms with Crippen molar-refractivity contribution in [3.8, 4) is 0 Å². The SMILES string of the molecule is C[N+](=O)[O-].[Co]. The summed E-state index contributed by atoms with van der Waals surface area (Å²) < 4.78 is 0. The molecule has 0 saturated carbocycles. The van der Waals surface area contributed by atoms with Crippen molar-refractivity contribution < 1.29 is 21.7 Å². The van der Waals surface area contributed by atoms with Crippen molar-refractivity contribution in [2.45, 2.75) is 0 Å². The molecule has 0 aliphatic carbocycles. The molecular formula is CH3CoNO2. The molecule has 5 heavy (non-hydrogen) atoms. The van der Waals surface area contributed by atoms with E-state index in [2.05, 4.69) is 0 Å². The Hall–Kier alpha value is -0.0935. The molecule has 0 bridgehead atoms. The molecule has 0 rings (SSSR count). The molecule has 3 nitrogen and oxygen atoms in total. The van der Waals surface area contributed by atoms with Gasteiger partial charge in [0.2, 0.25) is 0 Å². The molecule has 4 heteroatoms. The molecule has 0 aliphatic rings. The quantitative estimate of drug-likeness (QED) is 0.330. The van der Waals surface area contributed by atoms with Crippen LogP contribution in [-0.2, 0) is 16.8 Å². The second-order valence-corrected chi connectivity index (χ2v) is 0.440. The molecule has 0 unspecified atom stereocenters. The van der Waals surface area contributed by atoms with Crippen LogP contribution >= 0.6 is 0 Å². The van der Waals surface area contributed by atoms with Gasteiger partial charge in [-0.2, -0.15) is 0 Å². The third kappa shape index (κ3) is 1620. The zero-order valence-electron chi connectivity index (χ0n) is 2.60. The molecule has 0 saturated heterocycles. The van der Waals surface area contributed by atoms with E-state index in [1.165, 1.54) is 0 Å². The first-order valence-corrected chi connectivity index (χ1v) is 0.812. The van der Waals surface area contributed by atoms with E-state index in [1.807, 2.05) is 0 Å². The summed E-state index contributed by atoms with van der Waals surface area (Å²) in [6, 6.07) is 0. The zero-order chi connectivity index (χ0) is 3.58. The zero-order valence-corrected chi connectivity index (χ0v) is 3.64. The van der Waals surface area contributed by atoms with Crippen molar-refractivity contribution in [3.63, 3.8) is 0 Å². The third-order valence-corrected chi connectivity index (χ3v) is 0. The first kappa shape index (κ1) is 8.86. The Kier molecular flexibility index (Phi) is 6.93. The molecule has 0 amide bonds. The van der Waals surface area contributed by atoms with Crippen LogP contribution in [0.25, 0.3) is 0 Å². The van der Waals surface area contributed by atoms with Crippen LogP contribution in [-0.4, -0.2) is 12.0 Å². The summed E-state index contributed by atoms with van der Waals surface area (Å²) in [6.07, 6.45) is 0. The maximum absolute atomic E-state index is 8.81. The van der Waals surface area contributed by atoms with Crippen molar-refractivity contribution in [3.05, 3.63) is 10.1 Å². The van der Waals surface area contributed by atoms with Gasteiger partial charge in [0.05, 0.1) is 0 Å². The predicted octanol–water partition coefficient (Wildman–Crippen LogP) is -0.110. The Morgan fingerprint density at radius 1 is 1.80 bits per heavy atom. The Balaban J connectivity index is 0. The van der Waals surface area contributed by atoms with E-state index in [-0.39, 0.29) is 16.8 Å². The minimum Gasteiger partial charge on any atom is -0.265 e. The minimum atomic E-state index is -0.500. The normalized spacial score (nSPS) is 5.00. The topological polar surface area (TPSA) is 43.1 Å². The van der Waals surface area contributed by atoms with Crippen LogP contribution in [0.4, 0.5) is 0 Å². The maximum atomic E-state index is 8.81. The van der Waals surface area contributed by atoms with E-state index in [0.717, 1.165) is 7.05 Å². The molecule has 0 spiro atoms. The third-order valence-electron chi connectivity index (χ3n) is 0. The van der Waals surface area contributed by atoms with E-state index in [1.54, 1.807) is 0 Å². The van der Waals surface area contributed by atoms with Gasteiger partial charge in [-0.3, -0.25) is 10.1 Å². The van der Waals surface area contributed by atoms with Crippen LogP contribution in [0.3, 0.4) is 0 Å². The molecule has 0 aromatic heterocycles. The van der Waals surface area contributed by atoms with Crippen molar-refractivity contribution in [1.29, 1.82) is 0 Å². The second-order valence-electron chi connectivity index (χ2n) is 0.440. The molecule has 33 valence electrons. The average Bonchev–Trinajstić information content (AvgIpc) is 0.811. The van der Waals surface area contributed by atoms with E-state index >= 15 is 0 Å². The summed E-state index contributed by atoms with van der Waals surface area (Å²) in [6.45, 7) is 0. The predicted molar refractivity (Wildman–Crippen MR) is 12.9 cm³/mol. The number of hydrogen-bond acceptors (Lipinski definition) is 2. The van der Waals surface area contributed by atoms with E-state index < -0.39 is 4.92 Å².